The molecule has 0 radical (unpaired) electrons. The number of hydrogen-bond acceptors (Lipinski definition) is 6. The fraction of sp³-hybridized carbons (Fsp3) is 0.750. The summed E-state index contributed by atoms with van der Waals surface area (Å²) in [7, 11) is 0. The van der Waals surface area contributed by atoms with Crippen LogP contribution in [-0.2, 0) is 11.3 Å². The van der Waals surface area contributed by atoms with E-state index in [-0.39, 0.29) is 12.2 Å². The number of hydrogen-bond donors (Lipinski definition) is 2. The Hall–Kier alpha value is -1.51. The lowest BCUT2D eigenvalue weighted by molar-refractivity contribution is -0.385. The molecule has 1 aliphatic carbocycles. The van der Waals surface area contributed by atoms with Gasteiger partial charge in [0.1, 0.15) is 12.4 Å². The van der Waals surface area contributed by atoms with Crippen molar-refractivity contribution < 1.29 is 14.8 Å². The van der Waals surface area contributed by atoms with Crippen LogP contribution in [0.5, 0.6) is 0 Å². The lowest BCUT2D eigenvalue weighted by atomic mass is 10.3. The first-order valence-electron chi connectivity index (χ1n) is 6.78. The summed E-state index contributed by atoms with van der Waals surface area (Å²) in [4.78, 5) is 9.98. The lowest BCUT2D eigenvalue weighted by Gasteiger charge is -2.11. The number of aromatic nitrogens is 2. The molecule has 0 spiro atoms. The molecule has 112 valence electrons. The second-order valence-corrected chi connectivity index (χ2v) is 5.05. The van der Waals surface area contributed by atoms with Gasteiger partial charge in [0.2, 0.25) is 0 Å². The van der Waals surface area contributed by atoms with Crippen LogP contribution in [0.4, 0.5) is 5.69 Å². The highest BCUT2D eigenvalue weighted by atomic mass is 16.6. The molecule has 1 atom stereocenters. The van der Waals surface area contributed by atoms with Gasteiger partial charge in [0, 0.05) is 19.7 Å². The molecule has 1 fully saturated rings. The third kappa shape index (κ3) is 5.24. The predicted octanol–water partition coefficient (Wildman–Crippen LogP) is 0.168. The third-order valence-electron chi connectivity index (χ3n) is 3.08. The molecule has 20 heavy (non-hydrogen) atoms. The molecule has 1 unspecified atom stereocenters. The fourth-order valence-corrected chi connectivity index (χ4v) is 1.77. The van der Waals surface area contributed by atoms with Crippen molar-refractivity contribution in [1.82, 2.24) is 15.1 Å². The summed E-state index contributed by atoms with van der Waals surface area (Å²) in [5, 5.41) is 27.2. The van der Waals surface area contributed by atoms with Crippen molar-refractivity contribution in [3.8, 4) is 0 Å². The van der Waals surface area contributed by atoms with Gasteiger partial charge >= 0.3 is 5.69 Å². The minimum atomic E-state index is -0.641. The average Bonchev–Trinajstić information content (AvgIpc) is 3.11. The SMILES string of the molecule is O=[N+]([O-])c1cnn(CC(O)CNCCOCC2CC2)c1. The van der Waals surface area contributed by atoms with Crippen molar-refractivity contribution in [3.05, 3.63) is 22.5 Å². The van der Waals surface area contributed by atoms with Crippen LogP contribution in [0.1, 0.15) is 12.8 Å². The van der Waals surface area contributed by atoms with E-state index in [4.69, 9.17) is 4.74 Å². The summed E-state index contributed by atoms with van der Waals surface area (Å²) in [5.74, 6) is 0.760. The molecule has 2 rings (SSSR count). The van der Waals surface area contributed by atoms with E-state index in [2.05, 4.69) is 10.4 Å². The maximum Gasteiger partial charge on any atom is 0.306 e. The predicted molar refractivity (Wildman–Crippen MR) is 71.3 cm³/mol. The Morgan fingerprint density at radius 2 is 2.45 bits per heavy atom. The van der Waals surface area contributed by atoms with Gasteiger partial charge in [0.25, 0.3) is 0 Å². The molecule has 8 nitrogen and oxygen atoms in total. The van der Waals surface area contributed by atoms with Crippen LogP contribution in [0.15, 0.2) is 12.4 Å². The van der Waals surface area contributed by atoms with E-state index in [1.807, 2.05) is 0 Å². The van der Waals surface area contributed by atoms with Crippen LogP contribution in [0, 0.1) is 16.0 Å². The van der Waals surface area contributed by atoms with Crippen molar-refractivity contribution in [3.63, 3.8) is 0 Å². The van der Waals surface area contributed by atoms with E-state index in [1.165, 1.54) is 29.9 Å². The quantitative estimate of drug-likeness (QED) is 0.361. The maximum absolute atomic E-state index is 10.5. The zero-order valence-electron chi connectivity index (χ0n) is 11.3. The van der Waals surface area contributed by atoms with E-state index >= 15 is 0 Å². The van der Waals surface area contributed by atoms with Gasteiger partial charge in [-0.25, -0.2) is 0 Å². The van der Waals surface area contributed by atoms with Crippen molar-refractivity contribution in [2.45, 2.75) is 25.5 Å². The highest BCUT2D eigenvalue weighted by molar-refractivity contribution is 5.20. The Bertz CT molecular complexity index is 433. The Morgan fingerprint density at radius 3 is 3.10 bits per heavy atom. The molecule has 0 aromatic carbocycles. The number of aliphatic hydroxyl groups is 1. The topological polar surface area (TPSA) is 102 Å². The first kappa shape index (κ1) is 14.9. The zero-order valence-corrected chi connectivity index (χ0v) is 11.3. The van der Waals surface area contributed by atoms with Crippen molar-refractivity contribution in [2.24, 2.45) is 5.92 Å². The summed E-state index contributed by atoms with van der Waals surface area (Å²) in [6, 6.07) is 0. The molecule has 0 aliphatic heterocycles. The highest BCUT2D eigenvalue weighted by Crippen LogP contribution is 2.28. The van der Waals surface area contributed by atoms with E-state index in [0.29, 0.717) is 19.7 Å². The molecule has 0 bridgehead atoms. The number of nitro groups is 1. The molecule has 1 heterocycles. The van der Waals surface area contributed by atoms with E-state index in [1.54, 1.807) is 0 Å². The lowest BCUT2D eigenvalue weighted by Crippen LogP contribution is -2.32. The van der Waals surface area contributed by atoms with Crippen molar-refractivity contribution in [2.75, 3.05) is 26.3 Å². The third-order valence-corrected chi connectivity index (χ3v) is 3.08. The van der Waals surface area contributed by atoms with E-state index in [9.17, 15) is 15.2 Å². The van der Waals surface area contributed by atoms with Gasteiger partial charge in [0.05, 0.1) is 24.2 Å². The summed E-state index contributed by atoms with van der Waals surface area (Å²) < 4.78 is 6.82. The Labute approximate surface area is 116 Å². The molecule has 1 aliphatic rings. The Kier molecular flexibility index (Phi) is 5.45. The number of aliphatic hydroxyl groups excluding tert-OH is 1. The van der Waals surface area contributed by atoms with Crippen LogP contribution in [0.25, 0.3) is 0 Å². The van der Waals surface area contributed by atoms with Gasteiger partial charge in [-0.05, 0) is 18.8 Å². The molecule has 0 saturated heterocycles. The molecule has 1 saturated carbocycles. The van der Waals surface area contributed by atoms with Crippen molar-refractivity contribution in [1.29, 1.82) is 0 Å². The highest BCUT2D eigenvalue weighted by Gasteiger charge is 2.20. The minimum Gasteiger partial charge on any atom is -0.390 e. The summed E-state index contributed by atoms with van der Waals surface area (Å²) >= 11 is 0. The number of rotatable bonds is 10. The Morgan fingerprint density at radius 1 is 1.65 bits per heavy atom. The fourth-order valence-electron chi connectivity index (χ4n) is 1.77. The second-order valence-electron chi connectivity index (χ2n) is 5.05. The molecular weight excluding hydrogens is 264 g/mol. The zero-order chi connectivity index (χ0) is 14.4. The van der Waals surface area contributed by atoms with Gasteiger partial charge in [-0.15, -0.1) is 0 Å². The van der Waals surface area contributed by atoms with Gasteiger partial charge in [-0.2, -0.15) is 5.10 Å². The monoisotopic (exact) mass is 284 g/mol. The molecule has 8 heteroatoms. The Balaban J connectivity index is 1.54. The molecule has 1 aromatic heterocycles. The molecule has 0 amide bonds. The number of nitrogens with one attached hydrogen (secondary N) is 1. The standard InChI is InChI=1S/C12H20N4O4/c17-12(6-13-3-4-20-9-10-1-2-10)8-15-7-11(5-14-15)16(18)19/h5,7,10,12-13,17H,1-4,6,8-9H2. The van der Waals surface area contributed by atoms with Gasteiger partial charge in [0.15, 0.2) is 0 Å². The first-order chi connectivity index (χ1) is 9.65. The summed E-state index contributed by atoms with van der Waals surface area (Å²) in [5.41, 5.74) is -0.0707. The van der Waals surface area contributed by atoms with Crippen LogP contribution >= 0.6 is 0 Å². The van der Waals surface area contributed by atoms with Crippen LogP contribution in [-0.4, -0.2) is 52.2 Å². The minimum absolute atomic E-state index is 0.0707. The van der Waals surface area contributed by atoms with Crippen LogP contribution < -0.4 is 5.32 Å². The number of nitrogens with zero attached hydrogens (tertiary/aromatic N) is 3. The molecule has 1 aromatic rings. The summed E-state index contributed by atoms with van der Waals surface area (Å²) in [6.07, 6.45) is 4.40. The normalized spacial score (nSPS) is 16.2. The van der Waals surface area contributed by atoms with Crippen LogP contribution in [0.2, 0.25) is 0 Å². The second kappa shape index (κ2) is 7.32. The van der Waals surface area contributed by atoms with Gasteiger partial charge < -0.3 is 15.2 Å². The first-order valence-corrected chi connectivity index (χ1v) is 6.78. The van der Waals surface area contributed by atoms with Gasteiger partial charge in [-0.1, -0.05) is 0 Å². The van der Waals surface area contributed by atoms with Crippen molar-refractivity contribution >= 4 is 5.69 Å². The average molecular weight is 284 g/mol. The summed E-state index contributed by atoms with van der Waals surface area (Å²) in [6.45, 7) is 2.78. The molecular formula is C12H20N4O4. The van der Waals surface area contributed by atoms with E-state index in [0.717, 1.165) is 12.5 Å². The number of ether oxygens (including phenoxy) is 1. The van der Waals surface area contributed by atoms with E-state index < -0.39 is 11.0 Å². The molecule has 2 N–H and O–H groups in total. The van der Waals surface area contributed by atoms with Crippen LogP contribution in [0.3, 0.4) is 0 Å². The van der Waals surface area contributed by atoms with Gasteiger partial charge in [-0.3, -0.25) is 14.8 Å². The smallest absolute Gasteiger partial charge is 0.306 e. The largest absolute Gasteiger partial charge is 0.390 e. The maximum atomic E-state index is 10.5.